The zero-order chi connectivity index (χ0) is 31.9. The van der Waals surface area contributed by atoms with Crippen LogP contribution in [-0.4, -0.2) is 44.0 Å². The molecule has 1 atom stereocenters. The van der Waals surface area contributed by atoms with Gasteiger partial charge in [0.15, 0.2) is 5.78 Å². The summed E-state index contributed by atoms with van der Waals surface area (Å²) in [5, 5.41) is 5.47. The van der Waals surface area contributed by atoms with Gasteiger partial charge in [0.25, 0.3) is 0 Å². The van der Waals surface area contributed by atoms with Crippen LogP contribution in [0.5, 0.6) is 5.75 Å². The molecule has 1 aliphatic rings. The van der Waals surface area contributed by atoms with Crippen molar-refractivity contribution in [3.05, 3.63) is 138 Å². The van der Waals surface area contributed by atoms with Crippen molar-refractivity contribution in [3.63, 3.8) is 0 Å². The van der Waals surface area contributed by atoms with Gasteiger partial charge in [0.05, 0.1) is 13.7 Å². The number of carbonyl (C=O) groups is 3. The van der Waals surface area contributed by atoms with Gasteiger partial charge in [0, 0.05) is 34.8 Å². The molecule has 1 saturated carbocycles. The molecule has 5 aromatic carbocycles. The van der Waals surface area contributed by atoms with E-state index in [1.54, 1.807) is 30.3 Å². The maximum absolute atomic E-state index is 13.2. The predicted molar refractivity (Wildman–Crippen MR) is 180 cm³/mol. The fraction of sp³-hybridized carbons (Fsp3) is 0.205. The fourth-order valence-electron chi connectivity index (χ4n) is 5.55. The summed E-state index contributed by atoms with van der Waals surface area (Å²) in [5.41, 5.74) is 3.37. The summed E-state index contributed by atoms with van der Waals surface area (Å²) in [6.45, 7) is 0.772. The van der Waals surface area contributed by atoms with E-state index in [-0.39, 0.29) is 17.6 Å². The van der Waals surface area contributed by atoms with Crippen molar-refractivity contribution in [1.82, 2.24) is 0 Å². The first-order chi connectivity index (χ1) is 22.5. The van der Waals surface area contributed by atoms with Crippen LogP contribution in [0.1, 0.15) is 34.3 Å². The van der Waals surface area contributed by atoms with Gasteiger partial charge < -0.3 is 19.7 Å². The number of ketones is 1. The van der Waals surface area contributed by atoms with Crippen molar-refractivity contribution >= 4 is 39.8 Å². The highest BCUT2D eigenvalue weighted by atomic mass is 16.5. The number of benzene rings is 5. The van der Waals surface area contributed by atoms with Crippen molar-refractivity contribution in [2.45, 2.75) is 25.3 Å². The van der Waals surface area contributed by atoms with E-state index < -0.39 is 12.0 Å². The van der Waals surface area contributed by atoms with E-state index in [1.807, 2.05) is 77.7 Å². The zero-order valence-corrected chi connectivity index (χ0v) is 25.7. The van der Waals surface area contributed by atoms with Crippen molar-refractivity contribution in [1.29, 1.82) is 0 Å². The second kappa shape index (κ2) is 14.1. The molecule has 7 nitrogen and oxygen atoms in total. The molecule has 0 unspecified atom stereocenters. The van der Waals surface area contributed by atoms with Gasteiger partial charge >= 0.3 is 5.97 Å². The lowest BCUT2D eigenvalue weighted by Crippen LogP contribution is -2.35. The van der Waals surface area contributed by atoms with E-state index in [1.165, 1.54) is 7.11 Å². The lowest BCUT2D eigenvalue weighted by Gasteiger charge is -2.23. The van der Waals surface area contributed by atoms with Crippen LogP contribution in [0, 0.1) is 5.92 Å². The number of esters is 1. The highest BCUT2D eigenvalue weighted by molar-refractivity contribution is 6.12. The monoisotopic (exact) mass is 612 g/mol. The predicted octanol–water partition coefficient (Wildman–Crippen LogP) is 7.09. The standard InChI is InChI=1S/C39H36N2O5/c1-45-39(44)36(40-35-14-8-7-13-34(35)37(42)29-10-3-2-4-11-29)25-27-15-21-33(22-16-27)46-24-23-41(38(43)30-17-18-30)32-20-19-28-9-5-6-12-31(28)26-32/h2-16,19-22,26,30,36,40H,17-18,23-25H2,1H3/t36-/m0/s1. The Hall–Kier alpha value is -5.43. The summed E-state index contributed by atoms with van der Waals surface area (Å²) >= 11 is 0. The Morgan fingerprint density at radius 1 is 0.804 bits per heavy atom. The second-order valence-electron chi connectivity index (χ2n) is 11.5. The van der Waals surface area contributed by atoms with Crippen LogP contribution in [0.4, 0.5) is 11.4 Å². The van der Waals surface area contributed by atoms with Crippen LogP contribution in [0.2, 0.25) is 0 Å². The Labute approximate surface area is 268 Å². The molecule has 1 amide bonds. The molecule has 5 aromatic rings. The molecule has 0 spiro atoms. The Morgan fingerprint density at radius 3 is 2.24 bits per heavy atom. The highest BCUT2D eigenvalue weighted by Crippen LogP contribution is 2.33. The smallest absolute Gasteiger partial charge is 0.328 e. The van der Waals surface area contributed by atoms with E-state index >= 15 is 0 Å². The molecular formula is C39H36N2O5. The van der Waals surface area contributed by atoms with Gasteiger partial charge in [0.1, 0.15) is 18.4 Å². The molecule has 0 heterocycles. The minimum absolute atomic E-state index is 0.0885. The first-order valence-electron chi connectivity index (χ1n) is 15.6. The third kappa shape index (κ3) is 7.26. The molecule has 0 aliphatic heterocycles. The molecule has 46 heavy (non-hydrogen) atoms. The minimum Gasteiger partial charge on any atom is -0.492 e. The van der Waals surface area contributed by atoms with Crippen LogP contribution in [0.25, 0.3) is 10.8 Å². The van der Waals surface area contributed by atoms with E-state index in [9.17, 15) is 14.4 Å². The molecule has 1 N–H and O–H groups in total. The first kappa shape index (κ1) is 30.6. The maximum atomic E-state index is 13.2. The maximum Gasteiger partial charge on any atom is 0.328 e. The van der Waals surface area contributed by atoms with E-state index in [0.717, 1.165) is 34.9 Å². The quantitative estimate of drug-likeness (QED) is 0.113. The van der Waals surface area contributed by atoms with E-state index in [0.29, 0.717) is 42.1 Å². The average molecular weight is 613 g/mol. The van der Waals surface area contributed by atoms with Crippen LogP contribution in [0.3, 0.4) is 0 Å². The fourth-order valence-corrected chi connectivity index (χ4v) is 5.55. The average Bonchev–Trinajstić information content (AvgIpc) is 3.96. The molecular weight excluding hydrogens is 576 g/mol. The number of amides is 1. The SMILES string of the molecule is COC(=O)[C@H](Cc1ccc(OCCN(C(=O)C2CC2)c2ccc3ccccc3c2)cc1)Nc1ccccc1C(=O)c1ccccc1. The summed E-state index contributed by atoms with van der Waals surface area (Å²) in [6.07, 6.45) is 2.20. The van der Waals surface area contributed by atoms with Gasteiger partial charge in [0.2, 0.25) is 5.91 Å². The molecule has 1 aliphatic carbocycles. The summed E-state index contributed by atoms with van der Waals surface area (Å²) < 4.78 is 11.2. The van der Waals surface area contributed by atoms with Crippen LogP contribution >= 0.6 is 0 Å². The number of nitrogens with zero attached hydrogens (tertiary/aromatic N) is 1. The molecule has 0 bridgehead atoms. The first-order valence-corrected chi connectivity index (χ1v) is 15.6. The number of carbonyl (C=O) groups excluding carboxylic acids is 3. The Bertz CT molecular complexity index is 1830. The van der Waals surface area contributed by atoms with Gasteiger partial charge in [-0.25, -0.2) is 4.79 Å². The molecule has 6 rings (SSSR count). The number of anilines is 2. The number of hydrogen-bond donors (Lipinski definition) is 1. The third-order valence-corrected chi connectivity index (χ3v) is 8.21. The van der Waals surface area contributed by atoms with Crippen molar-refractivity contribution in [3.8, 4) is 5.75 Å². The van der Waals surface area contributed by atoms with Crippen LogP contribution in [-0.2, 0) is 20.7 Å². The summed E-state index contributed by atoms with van der Waals surface area (Å²) in [6, 6.07) is 37.3. The third-order valence-electron chi connectivity index (χ3n) is 8.21. The summed E-state index contributed by atoms with van der Waals surface area (Å²) in [5.74, 6) is 0.332. The topological polar surface area (TPSA) is 84.9 Å². The number of para-hydroxylation sites is 1. The number of rotatable bonds is 13. The Balaban J connectivity index is 1.10. The molecule has 0 aromatic heterocycles. The molecule has 7 heteroatoms. The zero-order valence-electron chi connectivity index (χ0n) is 25.7. The number of nitrogens with one attached hydrogen (secondary N) is 1. The molecule has 232 valence electrons. The van der Waals surface area contributed by atoms with Crippen LogP contribution in [0.15, 0.2) is 121 Å². The second-order valence-corrected chi connectivity index (χ2v) is 11.5. The van der Waals surface area contributed by atoms with Crippen molar-refractivity contribution in [2.75, 3.05) is 30.5 Å². The number of fused-ring (bicyclic) bond motifs is 1. The Kier molecular flexibility index (Phi) is 9.39. The lowest BCUT2D eigenvalue weighted by atomic mass is 10.00. The van der Waals surface area contributed by atoms with Gasteiger partial charge in [-0.3, -0.25) is 9.59 Å². The molecule has 0 saturated heterocycles. The summed E-state index contributed by atoms with van der Waals surface area (Å²) in [7, 11) is 1.35. The number of ether oxygens (including phenoxy) is 2. The number of methoxy groups -OCH3 is 1. The van der Waals surface area contributed by atoms with Gasteiger partial charge in [-0.15, -0.1) is 0 Å². The Morgan fingerprint density at radius 2 is 1.50 bits per heavy atom. The lowest BCUT2D eigenvalue weighted by molar-refractivity contribution is -0.141. The normalized spacial score (nSPS) is 13.1. The van der Waals surface area contributed by atoms with E-state index in [4.69, 9.17) is 9.47 Å². The highest BCUT2D eigenvalue weighted by Gasteiger charge is 2.34. The minimum atomic E-state index is -0.717. The summed E-state index contributed by atoms with van der Waals surface area (Å²) in [4.78, 5) is 41.1. The van der Waals surface area contributed by atoms with E-state index in [2.05, 4.69) is 23.5 Å². The van der Waals surface area contributed by atoms with Crippen molar-refractivity contribution in [2.24, 2.45) is 5.92 Å². The number of hydrogen-bond acceptors (Lipinski definition) is 6. The molecule has 1 fully saturated rings. The molecule has 0 radical (unpaired) electrons. The van der Waals surface area contributed by atoms with Gasteiger partial charge in [-0.1, -0.05) is 84.9 Å². The van der Waals surface area contributed by atoms with Gasteiger partial charge in [-0.2, -0.15) is 0 Å². The van der Waals surface area contributed by atoms with Gasteiger partial charge in [-0.05, 0) is 65.6 Å². The largest absolute Gasteiger partial charge is 0.492 e. The van der Waals surface area contributed by atoms with Crippen molar-refractivity contribution < 1.29 is 23.9 Å². The van der Waals surface area contributed by atoms with Crippen LogP contribution < -0.4 is 15.0 Å².